The molecule has 1 heterocycles. The summed E-state index contributed by atoms with van der Waals surface area (Å²) in [7, 11) is -0.869. The van der Waals surface area contributed by atoms with Crippen LogP contribution in [-0.2, 0) is 20.3 Å². The van der Waals surface area contributed by atoms with Crippen LogP contribution in [0.15, 0.2) is 0 Å². The smallest absolute Gasteiger partial charge is 0.317 e. The zero-order valence-electron chi connectivity index (χ0n) is 11.8. The summed E-state index contributed by atoms with van der Waals surface area (Å²) < 4.78 is 16.1. The van der Waals surface area contributed by atoms with Crippen molar-refractivity contribution in [2.24, 2.45) is 5.92 Å². The Morgan fingerprint density at radius 2 is 2.15 bits per heavy atom. The third kappa shape index (κ3) is 4.75. The van der Waals surface area contributed by atoms with Gasteiger partial charge in [0.05, 0.1) is 19.3 Å². The molecule has 0 aromatic carbocycles. The van der Waals surface area contributed by atoms with Crippen LogP contribution in [0.25, 0.3) is 0 Å². The van der Waals surface area contributed by atoms with Crippen molar-refractivity contribution in [3.05, 3.63) is 0 Å². The fourth-order valence-corrected chi connectivity index (χ4v) is 2.74. The van der Waals surface area contributed by atoms with Crippen LogP contribution in [0, 0.1) is 5.92 Å². The number of nitrogens with zero attached hydrogens (tertiary/aromatic N) is 1. The van der Waals surface area contributed by atoms with Crippen LogP contribution in [0.5, 0.6) is 0 Å². The Labute approximate surface area is 121 Å². The number of carbonyl (C=O) groups is 2. The van der Waals surface area contributed by atoms with Crippen LogP contribution in [-0.4, -0.2) is 70.6 Å². The lowest BCUT2D eigenvalue weighted by Crippen LogP contribution is -2.50. The van der Waals surface area contributed by atoms with Gasteiger partial charge in [-0.2, -0.15) is 0 Å². The van der Waals surface area contributed by atoms with E-state index in [1.54, 1.807) is 13.2 Å². The predicted octanol–water partition coefficient (Wildman–Crippen LogP) is -0.114. The molecule has 0 aliphatic carbocycles. The molecule has 0 aromatic heterocycles. The summed E-state index contributed by atoms with van der Waals surface area (Å²) in [6.45, 7) is 3.04. The quantitative estimate of drug-likeness (QED) is 0.640. The summed E-state index contributed by atoms with van der Waals surface area (Å²) in [6.07, 6.45) is 2.25. The van der Waals surface area contributed by atoms with Gasteiger partial charge < -0.3 is 20.1 Å². The molecule has 0 aromatic rings. The molecule has 1 aliphatic heterocycles. The molecule has 20 heavy (non-hydrogen) atoms. The van der Waals surface area contributed by atoms with E-state index < -0.39 is 28.7 Å². The fraction of sp³-hybridized carbons (Fsp3) is 0.833. The minimum Gasteiger partial charge on any atom is -0.481 e. The van der Waals surface area contributed by atoms with Gasteiger partial charge in [0, 0.05) is 35.9 Å². The van der Waals surface area contributed by atoms with Gasteiger partial charge in [0.25, 0.3) is 0 Å². The first-order chi connectivity index (χ1) is 9.47. The molecule has 7 nitrogen and oxygen atoms in total. The highest BCUT2D eigenvalue weighted by Gasteiger charge is 2.39. The number of aliphatic carboxylic acids is 1. The molecule has 8 heteroatoms. The second-order valence-electron chi connectivity index (χ2n) is 4.70. The lowest BCUT2D eigenvalue weighted by molar-refractivity contribution is -0.142. The fourth-order valence-electron chi connectivity index (χ4n) is 2.19. The maximum atomic E-state index is 12.1. The van der Waals surface area contributed by atoms with Gasteiger partial charge in [0.1, 0.15) is 5.92 Å². The van der Waals surface area contributed by atoms with Gasteiger partial charge in [-0.3, -0.25) is 9.00 Å². The molecule has 2 N–H and O–H groups in total. The number of nitrogens with one attached hydrogen (secondary N) is 1. The summed E-state index contributed by atoms with van der Waals surface area (Å²) in [5, 5.41) is 11.8. The average Bonchev–Trinajstić information content (AvgIpc) is 2.84. The number of ether oxygens (including phenoxy) is 1. The summed E-state index contributed by atoms with van der Waals surface area (Å²) in [6, 6.07) is -0.728. The molecule has 3 unspecified atom stereocenters. The third-order valence-electron chi connectivity index (χ3n) is 3.25. The van der Waals surface area contributed by atoms with Crippen molar-refractivity contribution >= 4 is 22.8 Å². The Morgan fingerprint density at radius 3 is 2.70 bits per heavy atom. The number of hydrogen-bond donors (Lipinski definition) is 2. The first-order valence-electron chi connectivity index (χ1n) is 6.62. The van der Waals surface area contributed by atoms with Crippen molar-refractivity contribution in [1.82, 2.24) is 10.2 Å². The molecular weight excluding hydrogens is 284 g/mol. The first kappa shape index (κ1) is 16.9. The Balaban J connectivity index is 2.50. The summed E-state index contributed by atoms with van der Waals surface area (Å²) >= 11 is 0. The van der Waals surface area contributed by atoms with Gasteiger partial charge in [-0.05, 0) is 13.3 Å². The van der Waals surface area contributed by atoms with Crippen molar-refractivity contribution in [1.29, 1.82) is 0 Å². The molecule has 116 valence electrons. The van der Waals surface area contributed by atoms with Gasteiger partial charge in [-0.15, -0.1) is 0 Å². The third-order valence-corrected chi connectivity index (χ3v) is 4.12. The highest BCUT2D eigenvalue weighted by Crippen LogP contribution is 2.20. The van der Waals surface area contributed by atoms with E-state index in [4.69, 9.17) is 9.84 Å². The van der Waals surface area contributed by atoms with Crippen LogP contribution in [0.2, 0.25) is 0 Å². The molecular formula is C12H22N2O5S. The molecule has 2 amide bonds. The second-order valence-corrected chi connectivity index (χ2v) is 6.25. The van der Waals surface area contributed by atoms with E-state index in [9.17, 15) is 13.8 Å². The van der Waals surface area contributed by atoms with Gasteiger partial charge in [-0.25, -0.2) is 4.79 Å². The number of amides is 2. The minimum absolute atomic E-state index is 0.137. The van der Waals surface area contributed by atoms with Crippen LogP contribution >= 0.6 is 0 Å². The SMILES string of the molecule is CCN(C(=O)NCCCS(C)=O)C1COCC1C(=O)O. The number of rotatable bonds is 7. The van der Waals surface area contributed by atoms with Crippen LogP contribution in [0.1, 0.15) is 13.3 Å². The second kappa shape index (κ2) is 8.21. The number of carbonyl (C=O) groups excluding carboxylic acids is 1. The Bertz CT molecular complexity index is 377. The lowest BCUT2D eigenvalue weighted by Gasteiger charge is -2.29. The standard InChI is InChI=1S/C12H22N2O5S/c1-3-14(10-8-19-7-9(10)11(15)16)12(17)13-5-4-6-20(2)18/h9-10H,3-8H2,1-2H3,(H,13,17)(H,15,16). The molecule has 1 fully saturated rings. The molecule has 0 saturated carbocycles. The Hall–Kier alpha value is -1.15. The van der Waals surface area contributed by atoms with Crippen molar-refractivity contribution in [3.8, 4) is 0 Å². The number of urea groups is 1. The molecule has 1 rings (SSSR count). The number of hydrogen-bond acceptors (Lipinski definition) is 4. The molecule has 3 atom stereocenters. The molecule has 1 saturated heterocycles. The maximum Gasteiger partial charge on any atom is 0.317 e. The Morgan fingerprint density at radius 1 is 1.45 bits per heavy atom. The monoisotopic (exact) mass is 306 g/mol. The van der Waals surface area contributed by atoms with Gasteiger partial charge in [-0.1, -0.05) is 0 Å². The van der Waals surface area contributed by atoms with Crippen LogP contribution < -0.4 is 5.32 Å². The first-order valence-corrected chi connectivity index (χ1v) is 8.35. The van der Waals surface area contributed by atoms with Gasteiger partial charge in [0.15, 0.2) is 0 Å². The van der Waals surface area contributed by atoms with Crippen molar-refractivity contribution < 1.29 is 23.6 Å². The number of likely N-dealkylation sites (N-methyl/N-ethyl adjacent to an activating group) is 1. The summed E-state index contributed by atoms with van der Waals surface area (Å²) in [5.74, 6) is -1.08. The normalized spacial score (nSPS) is 23.3. The van der Waals surface area contributed by atoms with E-state index in [1.165, 1.54) is 4.90 Å². The van der Waals surface area contributed by atoms with Crippen molar-refractivity contribution in [2.45, 2.75) is 19.4 Å². The number of carboxylic acid groups (broad SMARTS) is 1. The predicted molar refractivity (Wildman–Crippen MR) is 75.1 cm³/mol. The zero-order chi connectivity index (χ0) is 15.1. The number of carboxylic acids is 1. The van der Waals surface area contributed by atoms with E-state index in [1.807, 2.05) is 0 Å². The highest BCUT2D eigenvalue weighted by molar-refractivity contribution is 7.84. The summed E-state index contributed by atoms with van der Waals surface area (Å²) in [4.78, 5) is 24.7. The molecule has 1 aliphatic rings. The maximum absolute atomic E-state index is 12.1. The average molecular weight is 306 g/mol. The van der Waals surface area contributed by atoms with Crippen LogP contribution in [0.3, 0.4) is 0 Å². The molecule has 0 bridgehead atoms. The minimum atomic E-state index is -0.944. The molecule has 0 radical (unpaired) electrons. The van der Waals surface area contributed by atoms with Gasteiger partial charge >= 0.3 is 12.0 Å². The van der Waals surface area contributed by atoms with E-state index in [0.717, 1.165) is 0 Å². The van der Waals surface area contributed by atoms with Gasteiger partial charge in [0.2, 0.25) is 0 Å². The largest absolute Gasteiger partial charge is 0.481 e. The highest BCUT2D eigenvalue weighted by atomic mass is 32.2. The lowest BCUT2D eigenvalue weighted by atomic mass is 10.0. The van der Waals surface area contributed by atoms with E-state index >= 15 is 0 Å². The molecule has 0 spiro atoms. The van der Waals surface area contributed by atoms with E-state index in [2.05, 4.69) is 5.32 Å². The summed E-state index contributed by atoms with van der Waals surface area (Å²) in [5.41, 5.74) is 0. The van der Waals surface area contributed by atoms with E-state index in [-0.39, 0.29) is 19.2 Å². The topological polar surface area (TPSA) is 95.9 Å². The van der Waals surface area contributed by atoms with Crippen LogP contribution in [0.4, 0.5) is 4.79 Å². The Kier molecular flexibility index (Phi) is 6.94. The van der Waals surface area contributed by atoms with E-state index in [0.29, 0.717) is 25.3 Å². The zero-order valence-corrected chi connectivity index (χ0v) is 12.6. The van der Waals surface area contributed by atoms with Crippen molar-refractivity contribution in [3.63, 3.8) is 0 Å². The van der Waals surface area contributed by atoms with Crippen molar-refractivity contribution in [2.75, 3.05) is 38.3 Å².